The molecule has 0 atom stereocenters. The van der Waals surface area contributed by atoms with Gasteiger partial charge in [-0.3, -0.25) is 0 Å². The van der Waals surface area contributed by atoms with Crippen LogP contribution in [0.15, 0.2) is 28.8 Å². The van der Waals surface area contributed by atoms with Crippen LogP contribution < -0.4 is 0 Å². The number of amides is 1. The summed E-state index contributed by atoms with van der Waals surface area (Å²) in [5, 5.41) is 4.07. The summed E-state index contributed by atoms with van der Waals surface area (Å²) in [5.74, 6) is 1.77. The third-order valence-corrected chi connectivity index (χ3v) is 4.54. The Balaban J connectivity index is 1.42. The SMILES string of the molecule is CC(C)(C)OC(=O)N1CCC(c2nc(-c3nc4ccccc4[nH]3)no2)CC1. The van der Waals surface area contributed by atoms with E-state index in [-0.39, 0.29) is 12.0 Å². The van der Waals surface area contributed by atoms with Crippen LogP contribution in [0.4, 0.5) is 4.79 Å². The van der Waals surface area contributed by atoms with Gasteiger partial charge < -0.3 is 19.1 Å². The Morgan fingerprint density at radius 2 is 1.96 bits per heavy atom. The molecule has 4 rings (SSSR count). The predicted octanol–water partition coefficient (Wildman–Crippen LogP) is 3.73. The lowest BCUT2D eigenvalue weighted by Crippen LogP contribution is -2.41. The monoisotopic (exact) mass is 369 g/mol. The van der Waals surface area contributed by atoms with E-state index in [1.54, 1.807) is 4.90 Å². The highest BCUT2D eigenvalue weighted by atomic mass is 16.6. The van der Waals surface area contributed by atoms with Crippen molar-refractivity contribution in [3.05, 3.63) is 30.2 Å². The maximum Gasteiger partial charge on any atom is 0.410 e. The fourth-order valence-electron chi connectivity index (χ4n) is 3.19. The molecule has 27 heavy (non-hydrogen) atoms. The van der Waals surface area contributed by atoms with Crippen LogP contribution in [0.25, 0.3) is 22.7 Å². The van der Waals surface area contributed by atoms with Crippen molar-refractivity contribution in [3.8, 4) is 11.6 Å². The average Bonchev–Trinajstić information content (AvgIpc) is 3.27. The first-order chi connectivity index (χ1) is 12.9. The third-order valence-electron chi connectivity index (χ3n) is 4.54. The predicted molar refractivity (Wildman–Crippen MR) is 99.2 cm³/mol. The van der Waals surface area contributed by atoms with Crippen LogP contribution in [0.1, 0.15) is 45.4 Å². The van der Waals surface area contributed by atoms with Crippen LogP contribution in [0.3, 0.4) is 0 Å². The summed E-state index contributed by atoms with van der Waals surface area (Å²) in [6, 6.07) is 7.78. The van der Waals surface area contributed by atoms with Gasteiger partial charge in [-0.05, 0) is 45.7 Å². The van der Waals surface area contributed by atoms with E-state index in [0.717, 1.165) is 23.9 Å². The Hall–Kier alpha value is -2.90. The number of aromatic amines is 1. The molecule has 3 heterocycles. The van der Waals surface area contributed by atoms with E-state index in [9.17, 15) is 4.79 Å². The largest absolute Gasteiger partial charge is 0.444 e. The molecule has 1 aromatic carbocycles. The van der Waals surface area contributed by atoms with Gasteiger partial charge in [-0.2, -0.15) is 4.98 Å². The second kappa shape index (κ2) is 6.68. The van der Waals surface area contributed by atoms with Crippen LogP contribution in [-0.2, 0) is 4.74 Å². The minimum Gasteiger partial charge on any atom is -0.444 e. The zero-order valence-electron chi connectivity index (χ0n) is 15.7. The number of rotatable bonds is 2. The molecular weight excluding hydrogens is 346 g/mol. The van der Waals surface area contributed by atoms with Gasteiger partial charge in [-0.25, -0.2) is 9.78 Å². The smallest absolute Gasteiger partial charge is 0.410 e. The minimum absolute atomic E-state index is 0.134. The summed E-state index contributed by atoms with van der Waals surface area (Å²) in [4.78, 5) is 26.1. The van der Waals surface area contributed by atoms with Crippen molar-refractivity contribution in [2.24, 2.45) is 0 Å². The molecule has 0 saturated carbocycles. The topological polar surface area (TPSA) is 97.1 Å². The third kappa shape index (κ3) is 3.79. The Labute approximate surface area is 156 Å². The number of nitrogens with one attached hydrogen (secondary N) is 1. The summed E-state index contributed by atoms with van der Waals surface area (Å²) >= 11 is 0. The molecule has 0 bridgehead atoms. The number of hydrogen-bond acceptors (Lipinski definition) is 6. The lowest BCUT2D eigenvalue weighted by Gasteiger charge is -2.32. The lowest BCUT2D eigenvalue weighted by atomic mass is 9.97. The van der Waals surface area contributed by atoms with Crippen molar-refractivity contribution in [3.63, 3.8) is 0 Å². The molecule has 0 unspecified atom stereocenters. The Bertz CT molecular complexity index is 915. The second-order valence-electron chi connectivity index (χ2n) is 7.80. The molecule has 0 spiro atoms. The molecule has 1 saturated heterocycles. The van der Waals surface area contributed by atoms with E-state index in [4.69, 9.17) is 9.26 Å². The first-order valence-corrected chi connectivity index (χ1v) is 9.16. The van der Waals surface area contributed by atoms with E-state index in [0.29, 0.717) is 30.6 Å². The van der Waals surface area contributed by atoms with Gasteiger partial charge >= 0.3 is 6.09 Å². The number of hydrogen-bond donors (Lipinski definition) is 1. The normalized spacial score (nSPS) is 16.0. The number of aromatic nitrogens is 4. The van der Waals surface area contributed by atoms with E-state index in [1.165, 1.54) is 0 Å². The van der Waals surface area contributed by atoms with E-state index >= 15 is 0 Å². The fraction of sp³-hybridized carbons (Fsp3) is 0.474. The van der Waals surface area contributed by atoms with E-state index < -0.39 is 5.60 Å². The van der Waals surface area contributed by atoms with Gasteiger partial charge in [-0.15, -0.1) is 0 Å². The van der Waals surface area contributed by atoms with Crippen LogP contribution in [0, 0.1) is 0 Å². The van der Waals surface area contributed by atoms with E-state index in [1.807, 2.05) is 45.0 Å². The zero-order valence-corrected chi connectivity index (χ0v) is 15.7. The molecule has 8 heteroatoms. The van der Waals surface area contributed by atoms with Crippen molar-refractivity contribution in [1.82, 2.24) is 25.0 Å². The first-order valence-electron chi connectivity index (χ1n) is 9.16. The number of imidazole rings is 1. The van der Waals surface area contributed by atoms with E-state index in [2.05, 4.69) is 20.1 Å². The number of carbonyl (C=O) groups is 1. The standard InChI is InChI=1S/C19H23N5O3/c1-19(2,3)26-18(25)24-10-8-12(9-11-24)17-22-16(23-27-17)15-20-13-6-4-5-7-14(13)21-15/h4-7,12H,8-11H2,1-3H3,(H,20,21). The molecule has 1 aliphatic heterocycles. The molecule has 1 N–H and O–H groups in total. The Morgan fingerprint density at radius 1 is 1.22 bits per heavy atom. The molecule has 8 nitrogen and oxygen atoms in total. The van der Waals surface area contributed by atoms with Gasteiger partial charge in [0, 0.05) is 19.0 Å². The maximum atomic E-state index is 12.2. The van der Waals surface area contributed by atoms with Gasteiger partial charge in [0.2, 0.25) is 11.7 Å². The fourth-order valence-corrected chi connectivity index (χ4v) is 3.19. The Morgan fingerprint density at radius 3 is 2.67 bits per heavy atom. The molecule has 1 amide bonds. The number of ether oxygens (including phenoxy) is 1. The average molecular weight is 369 g/mol. The highest BCUT2D eigenvalue weighted by Crippen LogP contribution is 2.29. The number of piperidine rings is 1. The van der Waals surface area contributed by atoms with Crippen molar-refractivity contribution >= 4 is 17.1 Å². The van der Waals surface area contributed by atoms with Gasteiger partial charge in [0.15, 0.2) is 5.82 Å². The lowest BCUT2D eigenvalue weighted by molar-refractivity contribution is 0.0198. The Kier molecular flexibility index (Phi) is 4.33. The summed E-state index contributed by atoms with van der Waals surface area (Å²) in [5.41, 5.74) is 1.32. The number of fused-ring (bicyclic) bond motifs is 1. The second-order valence-corrected chi connectivity index (χ2v) is 7.80. The molecule has 142 valence electrons. The summed E-state index contributed by atoms with van der Waals surface area (Å²) < 4.78 is 10.9. The van der Waals surface area contributed by atoms with Gasteiger partial charge in [0.25, 0.3) is 0 Å². The van der Waals surface area contributed by atoms with Gasteiger partial charge in [0.1, 0.15) is 5.60 Å². The zero-order chi connectivity index (χ0) is 19.0. The minimum atomic E-state index is -0.484. The number of H-pyrrole nitrogens is 1. The highest BCUT2D eigenvalue weighted by Gasteiger charge is 2.30. The maximum absolute atomic E-state index is 12.2. The van der Waals surface area contributed by atoms with Crippen molar-refractivity contribution in [2.75, 3.05) is 13.1 Å². The molecule has 0 radical (unpaired) electrons. The number of nitrogens with zero attached hydrogens (tertiary/aromatic N) is 4. The summed E-state index contributed by atoms with van der Waals surface area (Å²) in [7, 11) is 0. The first kappa shape index (κ1) is 17.5. The molecule has 1 fully saturated rings. The highest BCUT2D eigenvalue weighted by molar-refractivity contribution is 5.77. The van der Waals surface area contributed by atoms with Gasteiger partial charge in [-0.1, -0.05) is 17.3 Å². The number of benzene rings is 1. The van der Waals surface area contributed by atoms with Crippen LogP contribution >= 0.6 is 0 Å². The summed E-state index contributed by atoms with van der Waals surface area (Å²) in [6.45, 7) is 6.84. The molecular formula is C19H23N5O3. The van der Waals surface area contributed by atoms with Crippen molar-refractivity contribution in [2.45, 2.75) is 45.1 Å². The molecule has 0 aliphatic carbocycles. The molecule has 3 aromatic rings. The number of para-hydroxylation sites is 2. The van der Waals surface area contributed by atoms with Crippen molar-refractivity contribution < 1.29 is 14.1 Å². The number of carbonyl (C=O) groups excluding carboxylic acids is 1. The van der Waals surface area contributed by atoms with Crippen LogP contribution in [0.2, 0.25) is 0 Å². The molecule has 1 aliphatic rings. The van der Waals surface area contributed by atoms with Crippen LogP contribution in [0.5, 0.6) is 0 Å². The molecule has 2 aromatic heterocycles. The quantitative estimate of drug-likeness (QED) is 0.739. The number of likely N-dealkylation sites (tertiary alicyclic amines) is 1. The van der Waals surface area contributed by atoms with Gasteiger partial charge in [0.05, 0.1) is 11.0 Å². The summed E-state index contributed by atoms with van der Waals surface area (Å²) in [6.07, 6.45) is 1.26. The van der Waals surface area contributed by atoms with Crippen LogP contribution in [-0.4, -0.2) is 49.8 Å². The van der Waals surface area contributed by atoms with Crippen molar-refractivity contribution in [1.29, 1.82) is 0 Å².